The third-order valence-corrected chi connectivity index (χ3v) is 9.04. The van der Waals surface area contributed by atoms with E-state index < -0.39 is 8.07 Å². The minimum Gasteiger partial charge on any atom is -0.303 e. The van der Waals surface area contributed by atoms with Crippen molar-refractivity contribution in [3.05, 3.63) is 65.9 Å². The highest BCUT2D eigenvalue weighted by Crippen LogP contribution is 2.40. The van der Waals surface area contributed by atoms with Crippen LogP contribution in [0.4, 0.5) is 0 Å². The molecule has 0 aliphatic rings. The second-order valence-corrected chi connectivity index (χ2v) is 14.9. The maximum Gasteiger partial charge on any atom is 0.238 e. The Hall–Kier alpha value is -2.91. The van der Waals surface area contributed by atoms with Crippen molar-refractivity contribution in [1.82, 2.24) is 4.40 Å². The Balaban J connectivity index is 2.11. The summed E-state index contributed by atoms with van der Waals surface area (Å²) in [5, 5.41) is 8.40. The lowest BCUT2D eigenvalue weighted by Gasteiger charge is -2.20. The summed E-state index contributed by atoms with van der Waals surface area (Å²) in [4.78, 5) is 0. The van der Waals surface area contributed by atoms with Gasteiger partial charge in [0.25, 0.3) is 0 Å². The van der Waals surface area contributed by atoms with Crippen molar-refractivity contribution in [1.29, 1.82) is 0 Å². The molecule has 30 heavy (non-hydrogen) atoms. The Bertz CT molecular complexity index is 1650. The zero-order valence-electron chi connectivity index (χ0n) is 18.6. The Labute approximate surface area is 177 Å². The van der Waals surface area contributed by atoms with Crippen LogP contribution in [-0.2, 0) is 7.05 Å². The highest BCUT2D eigenvalue weighted by atomic mass is 28.3. The van der Waals surface area contributed by atoms with Crippen LogP contribution in [0.5, 0.6) is 0 Å². The second kappa shape index (κ2) is 5.61. The molecule has 0 atom stereocenters. The lowest BCUT2D eigenvalue weighted by molar-refractivity contribution is -0.644. The molecule has 0 unspecified atom stereocenters. The van der Waals surface area contributed by atoms with Crippen LogP contribution in [0.1, 0.15) is 11.1 Å². The molecule has 0 fully saturated rings. The standard InChI is InChI=1S/C27H27N2Si/c1-16-15-18-9-7-11-21-24(18)23(17(16)2)27-26-20(13-14-28(27)3)19-10-8-12-22(30(4,5)6)25(19)29(21)26/h7-15H,1-6H3/q+1. The summed E-state index contributed by atoms with van der Waals surface area (Å²) >= 11 is 0. The first kappa shape index (κ1) is 17.9. The molecule has 0 aliphatic carbocycles. The molecule has 0 aliphatic heterocycles. The first-order valence-electron chi connectivity index (χ1n) is 10.8. The molecule has 3 aromatic carbocycles. The van der Waals surface area contributed by atoms with Gasteiger partial charge in [0.15, 0.2) is 6.20 Å². The molecular formula is C27H27N2Si+. The van der Waals surface area contributed by atoms with E-state index in [1.54, 1.807) is 0 Å². The van der Waals surface area contributed by atoms with Gasteiger partial charge >= 0.3 is 0 Å². The molecular weight excluding hydrogens is 380 g/mol. The fourth-order valence-electron chi connectivity index (χ4n) is 5.49. The molecule has 6 rings (SSSR count). The largest absolute Gasteiger partial charge is 0.303 e. The topological polar surface area (TPSA) is 8.29 Å². The van der Waals surface area contributed by atoms with E-state index in [9.17, 15) is 0 Å². The number of pyridine rings is 2. The summed E-state index contributed by atoms with van der Waals surface area (Å²) in [6.07, 6.45) is 2.24. The SMILES string of the molecule is Cc1cc2cccc3c2c(c1C)c1c2c(cc[n+]1C)c1cccc([Si](C)(C)C)c1n32. The fourth-order valence-corrected chi connectivity index (χ4v) is 7.04. The summed E-state index contributed by atoms with van der Waals surface area (Å²) in [6.45, 7) is 11.9. The molecule has 3 heteroatoms. The monoisotopic (exact) mass is 407 g/mol. The fraction of sp³-hybridized carbons (Fsp3) is 0.222. The van der Waals surface area contributed by atoms with Gasteiger partial charge in [0.1, 0.15) is 12.6 Å². The van der Waals surface area contributed by atoms with Crippen molar-refractivity contribution in [2.45, 2.75) is 33.5 Å². The number of hydrogen-bond acceptors (Lipinski definition) is 0. The summed E-state index contributed by atoms with van der Waals surface area (Å²) in [5.74, 6) is 0. The molecule has 3 heterocycles. The first-order chi connectivity index (χ1) is 14.3. The van der Waals surface area contributed by atoms with E-state index in [0.717, 1.165) is 0 Å². The average Bonchev–Trinajstić information content (AvgIpc) is 3.04. The van der Waals surface area contributed by atoms with Crippen molar-refractivity contribution < 1.29 is 4.57 Å². The third-order valence-electron chi connectivity index (χ3n) is 7.02. The summed E-state index contributed by atoms with van der Waals surface area (Å²) < 4.78 is 4.90. The number of benzene rings is 3. The van der Waals surface area contributed by atoms with Gasteiger partial charge in [0, 0.05) is 22.2 Å². The normalized spacial score (nSPS) is 13.0. The van der Waals surface area contributed by atoms with Crippen molar-refractivity contribution in [3.63, 3.8) is 0 Å². The van der Waals surface area contributed by atoms with E-state index in [4.69, 9.17) is 0 Å². The number of rotatable bonds is 1. The number of aryl methyl sites for hydroxylation is 3. The Kier molecular flexibility index (Phi) is 3.35. The van der Waals surface area contributed by atoms with E-state index in [0.29, 0.717) is 0 Å². The van der Waals surface area contributed by atoms with Crippen molar-refractivity contribution in [2.75, 3.05) is 0 Å². The molecule has 0 saturated carbocycles. The quantitative estimate of drug-likeness (QED) is 0.137. The van der Waals surface area contributed by atoms with Gasteiger partial charge in [-0.3, -0.25) is 0 Å². The number of hydrogen-bond donors (Lipinski definition) is 0. The van der Waals surface area contributed by atoms with Crippen molar-refractivity contribution in [2.24, 2.45) is 7.05 Å². The number of nitrogens with zero attached hydrogens (tertiary/aromatic N) is 2. The predicted molar refractivity (Wildman–Crippen MR) is 132 cm³/mol. The number of aromatic nitrogens is 2. The van der Waals surface area contributed by atoms with Gasteiger partial charge in [-0.1, -0.05) is 56.0 Å². The minimum atomic E-state index is -1.54. The van der Waals surface area contributed by atoms with Crippen LogP contribution in [-0.4, -0.2) is 12.5 Å². The average molecular weight is 408 g/mol. The van der Waals surface area contributed by atoms with E-state index in [-0.39, 0.29) is 0 Å². The number of para-hydroxylation sites is 1. The lowest BCUT2D eigenvalue weighted by Crippen LogP contribution is -2.38. The van der Waals surface area contributed by atoms with E-state index in [2.05, 4.69) is 104 Å². The van der Waals surface area contributed by atoms with Gasteiger partial charge in [-0.15, -0.1) is 0 Å². The van der Waals surface area contributed by atoms with Crippen LogP contribution >= 0.6 is 0 Å². The van der Waals surface area contributed by atoms with E-state index in [1.165, 1.54) is 65.3 Å². The smallest absolute Gasteiger partial charge is 0.238 e. The van der Waals surface area contributed by atoms with Gasteiger partial charge < -0.3 is 4.40 Å². The Morgan fingerprint density at radius 3 is 2.33 bits per heavy atom. The van der Waals surface area contributed by atoms with Crippen LogP contribution < -0.4 is 9.75 Å². The first-order valence-corrected chi connectivity index (χ1v) is 14.3. The lowest BCUT2D eigenvalue weighted by atomic mass is 9.94. The van der Waals surface area contributed by atoms with Crippen molar-refractivity contribution >= 4 is 62.3 Å². The van der Waals surface area contributed by atoms with Gasteiger partial charge in [0.05, 0.1) is 24.5 Å². The van der Waals surface area contributed by atoms with Crippen LogP contribution in [0.25, 0.3) is 49.0 Å². The Morgan fingerprint density at radius 1 is 0.833 bits per heavy atom. The van der Waals surface area contributed by atoms with Crippen LogP contribution in [0.2, 0.25) is 19.6 Å². The molecule has 0 amide bonds. The van der Waals surface area contributed by atoms with Gasteiger partial charge in [0.2, 0.25) is 5.52 Å². The van der Waals surface area contributed by atoms with Gasteiger partial charge in [-0.2, -0.15) is 4.57 Å². The summed E-state index contributed by atoms with van der Waals surface area (Å²) in [6, 6.07) is 18.4. The van der Waals surface area contributed by atoms with Gasteiger partial charge in [-0.05, 0) is 41.6 Å². The zero-order chi connectivity index (χ0) is 20.9. The maximum absolute atomic E-state index is 2.58. The molecule has 3 aromatic heterocycles. The van der Waals surface area contributed by atoms with Crippen LogP contribution in [0, 0.1) is 13.8 Å². The van der Waals surface area contributed by atoms with E-state index in [1.807, 2.05) is 0 Å². The highest BCUT2D eigenvalue weighted by molar-refractivity contribution is 6.90. The van der Waals surface area contributed by atoms with Gasteiger partial charge in [-0.25, -0.2) is 0 Å². The molecule has 0 N–H and O–H groups in total. The maximum atomic E-state index is 2.58. The zero-order valence-corrected chi connectivity index (χ0v) is 19.6. The summed E-state index contributed by atoms with van der Waals surface area (Å²) in [5.41, 5.74) is 8.19. The molecule has 148 valence electrons. The molecule has 6 aromatic rings. The highest BCUT2D eigenvalue weighted by Gasteiger charge is 2.28. The van der Waals surface area contributed by atoms with Crippen LogP contribution in [0.3, 0.4) is 0 Å². The minimum absolute atomic E-state index is 1.33. The molecule has 0 bridgehead atoms. The second-order valence-electron chi connectivity index (χ2n) is 9.89. The molecule has 0 radical (unpaired) electrons. The predicted octanol–water partition coefficient (Wildman–Crippen LogP) is 5.98. The van der Waals surface area contributed by atoms with Crippen LogP contribution in [0.15, 0.2) is 54.7 Å². The Morgan fingerprint density at radius 2 is 1.57 bits per heavy atom. The summed E-state index contributed by atoms with van der Waals surface area (Å²) in [7, 11) is 0.655. The molecule has 2 nitrogen and oxygen atoms in total. The van der Waals surface area contributed by atoms with E-state index >= 15 is 0 Å². The molecule has 0 saturated heterocycles. The molecule has 0 spiro atoms. The van der Waals surface area contributed by atoms with Crippen molar-refractivity contribution in [3.8, 4) is 0 Å². The number of fused-ring (bicyclic) bond motifs is 5. The third kappa shape index (κ3) is 2.06.